The normalized spacial score (nSPS) is 22.6. The Labute approximate surface area is 117 Å². The van der Waals surface area contributed by atoms with Gasteiger partial charge in [0.1, 0.15) is 11.3 Å². The zero-order valence-electron chi connectivity index (χ0n) is 11.6. The number of carboxylic acid groups (broad SMARTS) is 1. The summed E-state index contributed by atoms with van der Waals surface area (Å²) in [4.78, 5) is 23.8. The fourth-order valence-electron chi connectivity index (χ4n) is 2.89. The van der Waals surface area contributed by atoms with Crippen LogP contribution in [0.15, 0.2) is 18.2 Å². The molecule has 1 N–H and O–H groups in total. The molecule has 20 heavy (non-hydrogen) atoms. The van der Waals surface area contributed by atoms with Crippen molar-refractivity contribution in [2.24, 2.45) is 5.92 Å². The number of nitro groups is 1. The molecule has 6 nitrogen and oxygen atoms in total. The summed E-state index contributed by atoms with van der Waals surface area (Å²) in [5, 5.41) is 20.4. The molecule has 108 valence electrons. The van der Waals surface area contributed by atoms with Gasteiger partial charge in [0.05, 0.1) is 4.92 Å². The van der Waals surface area contributed by atoms with Crippen LogP contribution in [0.3, 0.4) is 0 Å². The third-order valence-corrected chi connectivity index (χ3v) is 3.88. The van der Waals surface area contributed by atoms with Crippen LogP contribution in [-0.2, 0) is 0 Å². The lowest BCUT2D eigenvalue weighted by molar-refractivity contribution is -0.384. The van der Waals surface area contributed by atoms with Crippen molar-refractivity contribution in [2.75, 3.05) is 11.4 Å². The van der Waals surface area contributed by atoms with Crippen molar-refractivity contribution in [3.63, 3.8) is 0 Å². The zero-order chi connectivity index (χ0) is 14.9. The predicted octanol–water partition coefficient (Wildman–Crippen LogP) is 2.92. The molecule has 0 amide bonds. The number of piperidine rings is 1. The first-order valence-electron chi connectivity index (χ1n) is 6.69. The maximum absolute atomic E-state index is 11.3. The SMILES string of the molecule is CC1CCN(c2cccc(C(=O)O)c2[N+](=O)[O-])C(C)C1. The minimum Gasteiger partial charge on any atom is -0.477 e. The number of carbonyl (C=O) groups is 1. The van der Waals surface area contributed by atoms with Crippen LogP contribution in [0.2, 0.25) is 0 Å². The summed E-state index contributed by atoms with van der Waals surface area (Å²) in [7, 11) is 0. The molecule has 1 aromatic carbocycles. The molecule has 0 radical (unpaired) electrons. The highest BCUT2D eigenvalue weighted by atomic mass is 16.6. The van der Waals surface area contributed by atoms with E-state index < -0.39 is 10.9 Å². The Morgan fingerprint density at radius 1 is 1.45 bits per heavy atom. The first kappa shape index (κ1) is 14.3. The molecular weight excluding hydrogens is 260 g/mol. The third kappa shape index (κ3) is 2.59. The highest BCUT2D eigenvalue weighted by molar-refractivity contribution is 5.95. The zero-order valence-corrected chi connectivity index (χ0v) is 11.6. The number of nitrogens with zero attached hydrogens (tertiary/aromatic N) is 2. The maximum atomic E-state index is 11.3. The smallest absolute Gasteiger partial charge is 0.342 e. The third-order valence-electron chi connectivity index (χ3n) is 3.88. The lowest BCUT2D eigenvalue weighted by atomic mass is 9.92. The van der Waals surface area contributed by atoms with Gasteiger partial charge in [-0.05, 0) is 37.8 Å². The summed E-state index contributed by atoms with van der Waals surface area (Å²) in [5.74, 6) is -0.681. The molecule has 2 atom stereocenters. The average molecular weight is 278 g/mol. The van der Waals surface area contributed by atoms with Gasteiger partial charge in [-0.3, -0.25) is 10.1 Å². The van der Waals surface area contributed by atoms with Gasteiger partial charge in [-0.25, -0.2) is 4.79 Å². The second-order valence-electron chi connectivity index (χ2n) is 5.41. The fraction of sp³-hybridized carbons (Fsp3) is 0.500. The van der Waals surface area contributed by atoms with Crippen LogP contribution in [0.1, 0.15) is 37.0 Å². The minimum atomic E-state index is -1.27. The first-order valence-corrected chi connectivity index (χ1v) is 6.69. The second-order valence-corrected chi connectivity index (χ2v) is 5.41. The van der Waals surface area contributed by atoms with E-state index in [9.17, 15) is 14.9 Å². The van der Waals surface area contributed by atoms with Crippen molar-refractivity contribution in [3.8, 4) is 0 Å². The Balaban J connectivity index is 2.48. The van der Waals surface area contributed by atoms with E-state index in [1.807, 2.05) is 11.8 Å². The van der Waals surface area contributed by atoms with Crippen molar-refractivity contribution >= 4 is 17.3 Å². The van der Waals surface area contributed by atoms with Gasteiger partial charge in [-0.1, -0.05) is 13.0 Å². The minimum absolute atomic E-state index is 0.168. The molecule has 1 fully saturated rings. The number of hydrogen-bond acceptors (Lipinski definition) is 4. The molecule has 1 heterocycles. The first-order chi connectivity index (χ1) is 9.41. The molecular formula is C14H18N2O4. The molecule has 1 aromatic rings. The summed E-state index contributed by atoms with van der Waals surface area (Å²) >= 11 is 0. The maximum Gasteiger partial charge on any atom is 0.342 e. The molecule has 0 bridgehead atoms. The van der Waals surface area contributed by atoms with E-state index in [2.05, 4.69) is 6.92 Å². The molecule has 0 aromatic heterocycles. The average Bonchev–Trinajstić information content (AvgIpc) is 2.37. The number of rotatable bonds is 3. The number of benzene rings is 1. The Morgan fingerprint density at radius 3 is 2.70 bits per heavy atom. The topological polar surface area (TPSA) is 83.7 Å². The predicted molar refractivity (Wildman–Crippen MR) is 75.3 cm³/mol. The monoisotopic (exact) mass is 278 g/mol. The highest BCUT2D eigenvalue weighted by Gasteiger charge is 2.31. The van der Waals surface area contributed by atoms with Gasteiger partial charge in [0.15, 0.2) is 0 Å². The Kier molecular flexibility index (Phi) is 3.92. The number of hydrogen-bond donors (Lipinski definition) is 1. The van der Waals surface area contributed by atoms with E-state index in [4.69, 9.17) is 5.11 Å². The Morgan fingerprint density at radius 2 is 2.15 bits per heavy atom. The standard InChI is InChI=1S/C14H18N2O4/c1-9-6-7-15(10(2)8-9)12-5-3-4-11(14(17)18)13(12)16(19)20/h3-5,9-10H,6-8H2,1-2H3,(H,17,18). The fourth-order valence-corrected chi connectivity index (χ4v) is 2.89. The van der Waals surface area contributed by atoms with E-state index in [-0.39, 0.29) is 17.3 Å². The summed E-state index contributed by atoms with van der Waals surface area (Å²) in [6, 6.07) is 4.65. The summed E-state index contributed by atoms with van der Waals surface area (Å²) < 4.78 is 0. The van der Waals surface area contributed by atoms with Crippen LogP contribution in [-0.4, -0.2) is 28.6 Å². The number of nitro benzene ring substituents is 1. The quantitative estimate of drug-likeness (QED) is 0.679. The Hall–Kier alpha value is -2.11. The number of anilines is 1. The lowest BCUT2D eigenvalue weighted by Gasteiger charge is -2.38. The molecule has 2 unspecified atom stereocenters. The van der Waals surface area contributed by atoms with Gasteiger partial charge >= 0.3 is 11.7 Å². The molecule has 0 aliphatic carbocycles. The molecule has 1 aliphatic rings. The van der Waals surface area contributed by atoms with Gasteiger partial charge < -0.3 is 10.0 Å². The summed E-state index contributed by atoms with van der Waals surface area (Å²) in [6.45, 7) is 4.90. The van der Waals surface area contributed by atoms with Crippen LogP contribution in [0.5, 0.6) is 0 Å². The van der Waals surface area contributed by atoms with Crippen LogP contribution in [0.25, 0.3) is 0 Å². The molecule has 0 saturated carbocycles. The van der Waals surface area contributed by atoms with E-state index >= 15 is 0 Å². The molecule has 1 saturated heterocycles. The summed E-state index contributed by atoms with van der Waals surface area (Å²) in [5.41, 5.74) is -0.144. The molecule has 6 heteroatoms. The van der Waals surface area contributed by atoms with Gasteiger partial charge in [0.25, 0.3) is 0 Å². The van der Waals surface area contributed by atoms with Crippen molar-refractivity contribution in [1.82, 2.24) is 0 Å². The van der Waals surface area contributed by atoms with Crippen LogP contribution in [0.4, 0.5) is 11.4 Å². The number of para-hydroxylation sites is 1. The van der Waals surface area contributed by atoms with E-state index in [1.165, 1.54) is 6.07 Å². The van der Waals surface area contributed by atoms with E-state index in [0.29, 0.717) is 18.2 Å². The van der Waals surface area contributed by atoms with Crippen molar-refractivity contribution < 1.29 is 14.8 Å². The largest absolute Gasteiger partial charge is 0.477 e. The van der Waals surface area contributed by atoms with Gasteiger partial charge in [-0.15, -0.1) is 0 Å². The van der Waals surface area contributed by atoms with E-state index in [0.717, 1.165) is 12.8 Å². The van der Waals surface area contributed by atoms with Crippen molar-refractivity contribution in [1.29, 1.82) is 0 Å². The highest BCUT2D eigenvalue weighted by Crippen LogP contribution is 2.36. The van der Waals surface area contributed by atoms with Gasteiger partial charge in [0.2, 0.25) is 0 Å². The van der Waals surface area contributed by atoms with E-state index in [1.54, 1.807) is 12.1 Å². The second kappa shape index (κ2) is 5.48. The number of carboxylic acids is 1. The lowest BCUT2D eigenvalue weighted by Crippen LogP contribution is -2.40. The molecule has 2 rings (SSSR count). The molecule has 0 spiro atoms. The Bertz CT molecular complexity index is 544. The van der Waals surface area contributed by atoms with Crippen molar-refractivity contribution in [3.05, 3.63) is 33.9 Å². The van der Waals surface area contributed by atoms with Gasteiger partial charge in [-0.2, -0.15) is 0 Å². The van der Waals surface area contributed by atoms with Gasteiger partial charge in [0, 0.05) is 12.6 Å². The van der Waals surface area contributed by atoms with Crippen LogP contribution >= 0.6 is 0 Å². The molecule has 1 aliphatic heterocycles. The summed E-state index contributed by atoms with van der Waals surface area (Å²) in [6.07, 6.45) is 1.91. The van der Waals surface area contributed by atoms with Crippen LogP contribution in [0, 0.1) is 16.0 Å². The van der Waals surface area contributed by atoms with Crippen LogP contribution < -0.4 is 4.90 Å². The van der Waals surface area contributed by atoms with Crippen molar-refractivity contribution in [2.45, 2.75) is 32.7 Å². The number of aromatic carboxylic acids is 1.